The van der Waals surface area contributed by atoms with E-state index in [9.17, 15) is 13.2 Å². The molecule has 226 valence electrons. The second-order valence-electron chi connectivity index (χ2n) is 10.1. The quantitative estimate of drug-likeness (QED) is 0.238. The number of nitrogens with zero attached hydrogens (tertiary/aromatic N) is 4. The molecule has 1 aliphatic rings. The molecule has 2 heterocycles. The third-order valence-electron chi connectivity index (χ3n) is 6.93. The average Bonchev–Trinajstić information content (AvgIpc) is 2.98. The van der Waals surface area contributed by atoms with Gasteiger partial charge >= 0.3 is 0 Å². The molecule has 0 spiro atoms. The predicted molar refractivity (Wildman–Crippen MR) is 167 cm³/mol. The number of benzene rings is 2. The number of hydrogen-bond donors (Lipinski definition) is 4. The van der Waals surface area contributed by atoms with E-state index in [1.54, 1.807) is 49.5 Å². The van der Waals surface area contributed by atoms with E-state index < -0.39 is 10.0 Å². The average molecular weight is 617 g/mol. The maximum Gasteiger partial charge on any atom is 0.253 e. The number of carbonyl (C=O) groups is 1. The molecular weight excluding hydrogens is 580 g/mol. The topological polar surface area (TPSA) is 141 Å². The largest absolute Gasteiger partial charge is 0.494 e. The minimum Gasteiger partial charge on any atom is -0.494 e. The van der Waals surface area contributed by atoms with Gasteiger partial charge in [0.2, 0.25) is 16.0 Å². The van der Waals surface area contributed by atoms with Gasteiger partial charge in [0.05, 0.1) is 41.7 Å². The maximum absolute atomic E-state index is 12.8. The zero-order valence-electron chi connectivity index (χ0n) is 24.1. The first-order valence-corrected chi connectivity index (χ1v) is 15.6. The van der Waals surface area contributed by atoms with Crippen molar-refractivity contribution >= 4 is 56.4 Å². The fourth-order valence-corrected chi connectivity index (χ4v) is 5.75. The van der Waals surface area contributed by atoms with E-state index in [0.29, 0.717) is 46.8 Å². The lowest BCUT2D eigenvalue weighted by Gasteiger charge is -2.36. The van der Waals surface area contributed by atoms with Gasteiger partial charge in [0.25, 0.3) is 5.91 Å². The Balaban J connectivity index is 1.42. The molecule has 1 saturated heterocycles. The minimum absolute atomic E-state index is 0.00552. The Morgan fingerprint density at radius 3 is 2.50 bits per heavy atom. The number of sulfonamides is 1. The number of aromatic nitrogens is 2. The van der Waals surface area contributed by atoms with Gasteiger partial charge < -0.3 is 20.7 Å². The summed E-state index contributed by atoms with van der Waals surface area (Å²) in [6, 6.07) is 12.4. The van der Waals surface area contributed by atoms with Gasteiger partial charge in [-0.2, -0.15) is 4.98 Å². The van der Waals surface area contributed by atoms with Crippen molar-refractivity contribution in [2.24, 2.45) is 0 Å². The molecule has 2 aromatic carbocycles. The molecule has 0 bridgehead atoms. The normalized spacial score (nSPS) is 14.4. The third-order valence-corrected chi connectivity index (χ3v) is 8.47. The molecule has 4 rings (SSSR count). The van der Waals surface area contributed by atoms with Crippen LogP contribution in [-0.4, -0.2) is 92.8 Å². The summed E-state index contributed by atoms with van der Waals surface area (Å²) in [6.45, 7) is 8.40. The van der Waals surface area contributed by atoms with Gasteiger partial charge in [0.15, 0.2) is 5.82 Å². The van der Waals surface area contributed by atoms with E-state index in [4.69, 9.17) is 16.3 Å². The van der Waals surface area contributed by atoms with Crippen LogP contribution in [0.3, 0.4) is 0 Å². The van der Waals surface area contributed by atoms with Crippen LogP contribution in [0.4, 0.5) is 28.8 Å². The van der Waals surface area contributed by atoms with Gasteiger partial charge in [0.1, 0.15) is 10.8 Å². The highest BCUT2D eigenvalue weighted by molar-refractivity contribution is 7.92. The van der Waals surface area contributed by atoms with E-state index >= 15 is 0 Å². The second kappa shape index (κ2) is 14.0. The zero-order valence-corrected chi connectivity index (χ0v) is 25.7. The van der Waals surface area contributed by atoms with E-state index in [-0.39, 0.29) is 22.6 Å². The molecular formula is C28H37ClN8O4S. The molecule has 12 nitrogen and oxygen atoms in total. The van der Waals surface area contributed by atoms with Crippen molar-refractivity contribution in [2.75, 3.05) is 68.0 Å². The van der Waals surface area contributed by atoms with E-state index in [1.165, 1.54) is 13.3 Å². The molecule has 4 N–H and O–H groups in total. The number of piperazine rings is 1. The molecule has 0 saturated carbocycles. The first-order chi connectivity index (χ1) is 20.1. The summed E-state index contributed by atoms with van der Waals surface area (Å²) >= 11 is 6.34. The highest BCUT2D eigenvalue weighted by atomic mass is 35.5. The number of halogens is 1. The number of hydrogen-bond acceptors (Lipinski definition) is 10. The highest BCUT2D eigenvalue weighted by Crippen LogP contribution is 2.32. The van der Waals surface area contributed by atoms with Gasteiger partial charge in [-0.05, 0) is 38.1 Å². The van der Waals surface area contributed by atoms with Crippen LogP contribution in [0.15, 0.2) is 48.7 Å². The summed E-state index contributed by atoms with van der Waals surface area (Å²) in [4.78, 5) is 25.5. The van der Waals surface area contributed by atoms with Gasteiger partial charge in [-0.1, -0.05) is 23.7 Å². The fraction of sp³-hybridized carbons (Fsp3) is 0.393. The Labute approximate surface area is 251 Å². The summed E-state index contributed by atoms with van der Waals surface area (Å²) < 4.78 is 33.8. The number of para-hydroxylation sites is 1. The number of carbonyl (C=O) groups excluding carboxylic acids is 1. The standard InChI is InChI=1S/C28H37ClN8O4S/c1-19(2)37-13-11-36(12-14-37)15-16-42(39,40)35-20-9-10-24(25(17-20)41-4)33-28-31-18-22(29)26(34-28)32-23-8-6-5-7-21(23)27(38)30-3/h5-10,17-19,35H,11-16H2,1-4H3,(H,30,38)(H2,31,32,33,34). The zero-order chi connectivity index (χ0) is 30.3. The molecule has 1 amide bonds. The van der Waals surface area contributed by atoms with Crippen LogP contribution >= 0.6 is 11.6 Å². The minimum atomic E-state index is -3.57. The smallest absolute Gasteiger partial charge is 0.253 e. The first kappa shape index (κ1) is 31.3. The van der Waals surface area contributed by atoms with Gasteiger partial charge in [-0.25, -0.2) is 13.4 Å². The molecule has 3 aromatic rings. The van der Waals surface area contributed by atoms with E-state index in [2.05, 4.69) is 54.3 Å². The summed E-state index contributed by atoms with van der Waals surface area (Å²) in [5.74, 6) is 0.626. The van der Waals surface area contributed by atoms with Crippen LogP contribution in [0.2, 0.25) is 5.02 Å². The van der Waals surface area contributed by atoms with Gasteiger partial charge in [0, 0.05) is 51.9 Å². The van der Waals surface area contributed by atoms with Crippen LogP contribution in [0.5, 0.6) is 5.75 Å². The lowest BCUT2D eigenvalue weighted by molar-refractivity contribution is 0.0964. The lowest BCUT2D eigenvalue weighted by atomic mass is 10.1. The number of rotatable bonds is 12. The van der Waals surface area contributed by atoms with Gasteiger partial charge in [-0.3, -0.25) is 19.3 Å². The number of amides is 1. The molecule has 42 heavy (non-hydrogen) atoms. The third kappa shape index (κ3) is 8.22. The van der Waals surface area contributed by atoms with E-state index in [0.717, 1.165) is 26.2 Å². The molecule has 0 atom stereocenters. The molecule has 1 fully saturated rings. The van der Waals surface area contributed by atoms with Crippen LogP contribution in [0.1, 0.15) is 24.2 Å². The molecule has 1 aromatic heterocycles. The van der Waals surface area contributed by atoms with Crippen LogP contribution in [0.25, 0.3) is 0 Å². The molecule has 0 aliphatic carbocycles. The molecule has 1 aliphatic heterocycles. The first-order valence-electron chi connectivity index (χ1n) is 13.6. The van der Waals surface area contributed by atoms with Crippen molar-refractivity contribution in [1.29, 1.82) is 0 Å². The van der Waals surface area contributed by atoms with Crippen LogP contribution in [0, 0.1) is 0 Å². The summed E-state index contributed by atoms with van der Waals surface area (Å²) in [5.41, 5.74) is 1.85. The monoisotopic (exact) mass is 616 g/mol. The molecule has 0 unspecified atom stereocenters. The SMILES string of the molecule is CNC(=O)c1ccccc1Nc1nc(Nc2ccc(NS(=O)(=O)CCN3CCN(C(C)C)CC3)cc2OC)ncc1Cl. The summed E-state index contributed by atoms with van der Waals surface area (Å²) in [5, 5.41) is 9.03. The number of nitrogens with one attached hydrogen (secondary N) is 4. The van der Waals surface area contributed by atoms with Crippen molar-refractivity contribution in [3.63, 3.8) is 0 Å². The lowest BCUT2D eigenvalue weighted by Crippen LogP contribution is -2.49. The Bertz CT molecular complexity index is 1500. The second-order valence-corrected chi connectivity index (χ2v) is 12.3. The van der Waals surface area contributed by atoms with Gasteiger partial charge in [-0.15, -0.1) is 0 Å². The number of ether oxygens (including phenoxy) is 1. The Hall–Kier alpha value is -3.65. The Morgan fingerprint density at radius 1 is 1.07 bits per heavy atom. The van der Waals surface area contributed by atoms with Crippen molar-refractivity contribution in [2.45, 2.75) is 19.9 Å². The summed E-state index contributed by atoms with van der Waals surface area (Å²) in [7, 11) is -0.529. The Morgan fingerprint density at radius 2 is 1.81 bits per heavy atom. The molecule has 0 radical (unpaired) electrons. The van der Waals surface area contributed by atoms with Crippen molar-refractivity contribution in [3.05, 3.63) is 59.2 Å². The molecule has 14 heteroatoms. The highest BCUT2D eigenvalue weighted by Gasteiger charge is 2.21. The number of anilines is 5. The van der Waals surface area contributed by atoms with E-state index in [1.807, 2.05) is 0 Å². The summed E-state index contributed by atoms with van der Waals surface area (Å²) in [6.07, 6.45) is 1.43. The maximum atomic E-state index is 12.8. The van der Waals surface area contributed by atoms with Crippen LogP contribution < -0.4 is 25.4 Å². The Kier molecular flexibility index (Phi) is 10.4. The van der Waals surface area contributed by atoms with Crippen molar-refractivity contribution < 1.29 is 17.9 Å². The van der Waals surface area contributed by atoms with Crippen molar-refractivity contribution in [1.82, 2.24) is 25.1 Å². The number of methoxy groups -OCH3 is 1. The fourth-order valence-electron chi connectivity index (χ4n) is 4.53. The van der Waals surface area contributed by atoms with Crippen LogP contribution in [-0.2, 0) is 10.0 Å². The van der Waals surface area contributed by atoms with Crippen molar-refractivity contribution in [3.8, 4) is 5.75 Å². The predicted octanol–water partition coefficient (Wildman–Crippen LogP) is 3.75.